The van der Waals surface area contributed by atoms with Crippen LogP contribution >= 0.6 is 15.9 Å². The molecule has 0 bridgehead atoms. The Hall–Kier alpha value is -0.410. The molecule has 0 aliphatic heterocycles. The molecule has 1 N–H and O–H groups in total. The van der Waals surface area contributed by atoms with Crippen LogP contribution in [0.25, 0.3) is 0 Å². The molecular formula is C12H17BrN2. The average Bonchev–Trinajstić information content (AvgIpc) is 2.98. The third-order valence-electron chi connectivity index (χ3n) is 3.10. The Balaban J connectivity index is 1.92. The Morgan fingerprint density at radius 2 is 2.20 bits per heavy atom. The van der Waals surface area contributed by atoms with Gasteiger partial charge in [0.2, 0.25) is 0 Å². The van der Waals surface area contributed by atoms with E-state index in [9.17, 15) is 0 Å². The quantitative estimate of drug-likeness (QED) is 0.849. The highest BCUT2D eigenvalue weighted by Gasteiger charge is 2.37. The highest BCUT2D eigenvalue weighted by Crippen LogP contribution is 2.39. The fraction of sp³-hybridized carbons (Fsp3) is 0.583. The normalized spacial score (nSPS) is 16.7. The summed E-state index contributed by atoms with van der Waals surface area (Å²) in [6.07, 6.45) is 2.73. The van der Waals surface area contributed by atoms with Gasteiger partial charge in [-0.2, -0.15) is 0 Å². The lowest BCUT2D eigenvalue weighted by molar-refractivity contribution is 0.337. The molecule has 2 nitrogen and oxygen atoms in total. The summed E-state index contributed by atoms with van der Waals surface area (Å²) >= 11 is 3.38. The zero-order valence-corrected chi connectivity index (χ0v) is 10.8. The van der Waals surface area contributed by atoms with Gasteiger partial charge in [0, 0.05) is 12.1 Å². The van der Waals surface area contributed by atoms with E-state index in [0.717, 1.165) is 22.8 Å². The highest BCUT2D eigenvalue weighted by atomic mass is 79.9. The third-order valence-corrected chi connectivity index (χ3v) is 3.54. The number of hydrogen-bond donors (Lipinski definition) is 1. The Bertz CT molecular complexity index is 345. The predicted octanol–water partition coefficient (Wildman–Crippen LogP) is 3.12. The van der Waals surface area contributed by atoms with Crippen molar-refractivity contribution >= 4 is 15.9 Å². The maximum atomic E-state index is 4.41. The second-order valence-corrected chi connectivity index (χ2v) is 5.61. The average molecular weight is 269 g/mol. The molecule has 1 aliphatic rings. The van der Waals surface area contributed by atoms with Gasteiger partial charge >= 0.3 is 0 Å². The summed E-state index contributed by atoms with van der Waals surface area (Å²) in [6.45, 7) is 5.41. The lowest BCUT2D eigenvalue weighted by Gasteiger charge is -2.26. The molecule has 0 aromatic carbocycles. The Morgan fingerprint density at radius 1 is 1.47 bits per heavy atom. The number of rotatable bonds is 4. The molecule has 0 saturated heterocycles. The summed E-state index contributed by atoms with van der Waals surface area (Å²) < 4.78 is 0.908. The first kappa shape index (κ1) is 11.1. The second kappa shape index (κ2) is 4.22. The van der Waals surface area contributed by atoms with E-state index in [0.29, 0.717) is 0 Å². The molecule has 1 aromatic rings. The summed E-state index contributed by atoms with van der Waals surface area (Å²) in [7, 11) is 0. The first-order valence-electron chi connectivity index (χ1n) is 5.44. The highest BCUT2D eigenvalue weighted by molar-refractivity contribution is 9.10. The summed E-state index contributed by atoms with van der Waals surface area (Å²) in [5.41, 5.74) is 1.35. The minimum atomic E-state index is 0.254. The van der Waals surface area contributed by atoms with Crippen molar-refractivity contribution < 1.29 is 0 Å². The monoisotopic (exact) mass is 268 g/mol. The van der Waals surface area contributed by atoms with Crippen LogP contribution in [0.1, 0.15) is 32.4 Å². The molecule has 0 spiro atoms. The van der Waals surface area contributed by atoms with Crippen molar-refractivity contribution in [2.24, 2.45) is 5.92 Å². The number of halogens is 1. The lowest BCUT2D eigenvalue weighted by atomic mass is 9.99. The van der Waals surface area contributed by atoms with Gasteiger partial charge < -0.3 is 5.32 Å². The van der Waals surface area contributed by atoms with Gasteiger partial charge in [-0.3, -0.25) is 0 Å². The molecule has 1 aromatic heterocycles. The Labute approximate surface area is 99.6 Å². The number of pyridine rings is 1. The van der Waals surface area contributed by atoms with Crippen LogP contribution in [0.2, 0.25) is 0 Å². The second-order valence-electron chi connectivity index (χ2n) is 4.80. The molecule has 1 saturated carbocycles. The van der Waals surface area contributed by atoms with Gasteiger partial charge in [-0.05, 0) is 60.7 Å². The number of nitrogens with zero attached hydrogens (tertiary/aromatic N) is 1. The molecular weight excluding hydrogens is 252 g/mol. The zero-order chi connectivity index (χ0) is 10.9. The standard InChI is InChI=1S/C12H17BrN2/c1-12(2,9-6-7-9)14-8-10-4-3-5-11(13)15-10/h3-5,9,14H,6-8H2,1-2H3. The van der Waals surface area contributed by atoms with Crippen LogP contribution in [0.3, 0.4) is 0 Å². The summed E-state index contributed by atoms with van der Waals surface area (Å²) in [5, 5.41) is 3.58. The van der Waals surface area contributed by atoms with Crippen LogP contribution in [0.4, 0.5) is 0 Å². The lowest BCUT2D eigenvalue weighted by Crippen LogP contribution is -2.40. The van der Waals surface area contributed by atoms with Crippen molar-refractivity contribution in [3.05, 3.63) is 28.5 Å². The van der Waals surface area contributed by atoms with E-state index in [1.54, 1.807) is 0 Å². The van der Waals surface area contributed by atoms with E-state index >= 15 is 0 Å². The minimum absolute atomic E-state index is 0.254. The van der Waals surface area contributed by atoms with Crippen LogP contribution in [-0.4, -0.2) is 10.5 Å². The molecule has 82 valence electrons. The fourth-order valence-electron chi connectivity index (χ4n) is 1.82. The van der Waals surface area contributed by atoms with Gasteiger partial charge in [-0.15, -0.1) is 0 Å². The molecule has 1 heterocycles. The largest absolute Gasteiger partial charge is 0.306 e. The van der Waals surface area contributed by atoms with E-state index in [4.69, 9.17) is 0 Å². The van der Waals surface area contributed by atoms with E-state index in [1.165, 1.54) is 12.8 Å². The first-order chi connectivity index (χ1) is 7.08. The van der Waals surface area contributed by atoms with E-state index in [1.807, 2.05) is 12.1 Å². The van der Waals surface area contributed by atoms with E-state index in [-0.39, 0.29) is 5.54 Å². The van der Waals surface area contributed by atoms with Gasteiger partial charge in [0.05, 0.1) is 5.69 Å². The molecule has 3 heteroatoms. The van der Waals surface area contributed by atoms with Crippen molar-refractivity contribution in [2.45, 2.75) is 38.8 Å². The minimum Gasteiger partial charge on any atom is -0.306 e. The summed E-state index contributed by atoms with van der Waals surface area (Å²) in [6, 6.07) is 6.04. The first-order valence-corrected chi connectivity index (χ1v) is 6.24. The smallest absolute Gasteiger partial charge is 0.106 e. The van der Waals surface area contributed by atoms with Gasteiger partial charge in [0.25, 0.3) is 0 Å². The summed E-state index contributed by atoms with van der Waals surface area (Å²) in [5.74, 6) is 0.852. The van der Waals surface area contributed by atoms with Crippen LogP contribution < -0.4 is 5.32 Å². The van der Waals surface area contributed by atoms with Crippen LogP contribution in [0.15, 0.2) is 22.8 Å². The molecule has 15 heavy (non-hydrogen) atoms. The van der Waals surface area contributed by atoms with Crippen molar-refractivity contribution in [1.29, 1.82) is 0 Å². The van der Waals surface area contributed by atoms with Gasteiger partial charge in [0.15, 0.2) is 0 Å². The predicted molar refractivity (Wildman–Crippen MR) is 65.6 cm³/mol. The zero-order valence-electron chi connectivity index (χ0n) is 9.26. The van der Waals surface area contributed by atoms with Crippen molar-refractivity contribution in [1.82, 2.24) is 10.3 Å². The molecule has 0 radical (unpaired) electrons. The van der Waals surface area contributed by atoms with E-state index < -0.39 is 0 Å². The van der Waals surface area contributed by atoms with Crippen LogP contribution in [0.5, 0.6) is 0 Å². The van der Waals surface area contributed by atoms with Crippen molar-refractivity contribution in [2.75, 3.05) is 0 Å². The summed E-state index contributed by atoms with van der Waals surface area (Å²) in [4.78, 5) is 4.41. The topological polar surface area (TPSA) is 24.9 Å². The molecule has 0 atom stereocenters. The SMILES string of the molecule is CC(C)(NCc1cccc(Br)n1)C1CC1. The molecule has 0 unspecified atom stereocenters. The van der Waals surface area contributed by atoms with E-state index in [2.05, 4.69) is 46.1 Å². The molecule has 1 aliphatic carbocycles. The number of hydrogen-bond acceptors (Lipinski definition) is 2. The Kier molecular flexibility index (Phi) is 3.12. The van der Waals surface area contributed by atoms with Gasteiger partial charge in [-0.1, -0.05) is 6.07 Å². The maximum Gasteiger partial charge on any atom is 0.106 e. The molecule has 0 amide bonds. The fourth-order valence-corrected chi connectivity index (χ4v) is 2.20. The molecule has 1 fully saturated rings. The van der Waals surface area contributed by atoms with Crippen molar-refractivity contribution in [3.8, 4) is 0 Å². The van der Waals surface area contributed by atoms with Gasteiger partial charge in [-0.25, -0.2) is 4.98 Å². The number of aromatic nitrogens is 1. The van der Waals surface area contributed by atoms with Crippen molar-refractivity contribution in [3.63, 3.8) is 0 Å². The maximum absolute atomic E-state index is 4.41. The van der Waals surface area contributed by atoms with Gasteiger partial charge in [0.1, 0.15) is 4.60 Å². The third kappa shape index (κ3) is 3.02. The molecule has 2 rings (SSSR count). The van der Waals surface area contributed by atoms with Crippen LogP contribution in [-0.2, 0) is 6.54 Å². The Morgan fingerprint density at radius 3 is 2.80 bits per heavy atom. The van der Waals surface area contributed by atoms with Crippen LogP contribution in [0, 0.1) is 5.92 Å². The number of nitrogens with one attached hydrogen (secondary N) is 1.